The van der Waals surface area contributed by atoms with Crippen molar-refractivity contribution in [2.45, 2.75) is 39.0 Å². The maximum absolute atomic E-state index is 12.2. The van der Waals surface area contributed by atoms with Crippen molar-refractivity contribution in [1.29, 1.82) is 0 Å². The monoisotopic (exact) mass is 238 g/mol. The number of hydrogen-bond acceptors (Lipinski definition) is 3. The van der Waals surface area contributed by atoms with Gasteiger partial charge in [0.2, 0.25) is 5.91 Å². The number of carbonyl (C=O) groups is 1. The van der Waals surface area contributed by atoms with E-state index in [9.17, 15) is 4.79 Å². The van der Waals surface area contributed by atoms with Gasteiger partial charge in [0.25, 0.3) is 0 Å². The van der Waals surface area contributed by atoms with Gasteiger partial charge < -0.3 is 0 Å². The lowest BCUT2D eigenvalue weighted by Crippen LogP contribution is -2.33. The van der Waals surface area contributed by atoms with Crippen LogP contribution >= 0.6 is 11.3 Å². The highest BCUT2D eigenvalue weighted by atomic mass is 32.1. The van der Waals surface area contributed by atoms with Crippen LogP contribution in [0.5, 0.6) is 0 Å². The molecule has 0 bridgehead atoms. The molecule has 0 atom stereocenters. The lowest BCUT2D eigenvalue weighted by Gasteiger charge is -2.24. The van der Waals surface area contributed by atoms with Gasteiger partial charge in [-0.25, -0.2) is 4.98 Å². The van der Waals surface area contributed by atoms with E-state index in [0.29, 0.717) is 0 Å². The summed E-state index contributed by atoms with van der Waals surface area (Å²) in [6.07, 6.45) is 5.77. The van der Waals surface area contributed by atoms with Gasteiger partial charge in [-0.05, 0) is 19.8 Å². The molecule has 3 nitrogen and oxygen atoms in total. The van der Waals surface area contributed by atoms with Crippen LogP contribution in [-0.4, -0.2) is 17.9 Å². The molecule has 88 valence electrons. The Morgan fingerprint density at radius 1 is 1.44 bits per heavy atom. The Kier molecular flexibility index (Phi) is 3.59. The first-order chi connectivity index (χ1) is 7.68. The van der Waals surface area contributed by atoms with Crippen LogP contribution in [-0.2, 0) is 4.79 Å². The first-order valence-electron chi connectivity index (χ1n) is 5.88. The van der Waals surface area contributed by atoms with Crippen molar-refractivity contribution >= 4 is 22.4 Å². The standard InChI is InChI=1S/C12H18N2OS/c1-9-8-16-12(13-9)14(2)11(15)10-6-4-3-5-7-10/h8,10H,3-7H2,1-2H3. The molecule has 0 spiro atoms. The molecule has 0 saturated heterocycles. The van der Waals surface area contributed by atoms with Crippen molar-refractivity contribution in [2.75, 3.05) is 11.9 Å². The van der Waals surface area contributed by atoms with Crippen LogP contribution in [0.25, 0.3) is 0 Å². The number of carbonyl (C=O) groups excluding carboxylic acids is 1. The summed E-state index contributed by atoms with van der Waals surface area (Å²) in [7, 11) is 1.84. The van der Waals surface area contributed by atoms with E-state index >= 15 is 0 Å². The molecule has 1 aromatic heterocycles. The number of aryl methyl sites for hydroxylation is 1. The van der Waals surface area contributed by atoms with Crippen molar-refractivity contribution in [1.82, 2.24) is 4.98 Å². The number of rotatable bonds is 2. The van der Waals surface area contributed by atoms with Crippen molar-refractivity contribution < 1.29 is 4.79 Å². The fourth-order valence-electron chi connectivity index (χ4n) is 2.21. The molecule has 1 heterocycles. The van der Waals surface area contributed by atoms with Gasteiger partial charge in [0, 0.05) is 18.3 Å². The van der Waals surface area contributed by atoms with E-state index in [0.717, 1.165) is 23.7 Å². The van der Waals surface area contributed by atoms with Gasteiger partial charge in [-0.3, -0.25) is 9.69 Å². The van der Waals surface area contributed by atoms with E-state index in [1.807, 2.05) is 19.4 Å². The maximum atomic E-state index is 12.2. The lowest BCUT2D eigenvalue weighted by molar-refractivity contribution is -0.123. The van der Waals surface area contributed by atoms with Crippen LogP contribution in [0.15, 0.2) is 5.38 Å². The molecule has 1 aromatic rings. The van der Waals surface area contributed by atoms with Crippen molar-refractivity contribution in [3.63, 3.8) is 0 Å². The summed E-state index contributed by atoms with van der Waals surface area (Å²) in [5.41, 5.74) is 0.989. The second-order valence-corrected chi connectivity index (χ2v) is 5.34. The molecule has 1 aliphatic carbocycles. The largest absolute Gasteiger partial charge is 0.291 e. The molecule has 2 rings (SSSR count). The highest BCUT2D eigenvalue weighted by Gasteiger charge is 2.25. The molecular weight excluding hydrogens is 220 g/mol. The van der Waals surface area contributed by atoms with E-state index in [4.69, 9.17) is 0 Å². The van der Waals surface area contributed by atoms with Gasteiger partial charge in [0.1, 0.15) is 0 Å². The third-order valence-electron chi connectivity index (χ3n) is 3.18. The molecule has 16 heavy (non-hydrogen) atoms. The zero-order valence-electron chi connectivity index (χ0n) is 9.90. The van der Waals surface area contributed by atoms with Crippen LogP contribution in [0.1, 0.15) is 37.8 Å². The van der Waals surface area contributed by atoms with Crippen LogP contribution in [0.3, 0.4) is 0 Å². The minimum Gasteiger partial charge on any atom is -0.291 e. The van der Waals surface area contributed by atoms with Gasteiger partial charge in [-0.2, -0.15) is 0 Å². The smallest absolute Gasteiger partial charge is 0.231 e. The molecule has 1 saturated carbocycles. The number of aromatic nitrogens is 1. The molecule has 1 amide bonds. The van der Waals surface area contributed by atoms with E-state index in [1.54, 1.807) is 16.2 Å². The first-order valence-corrected chi connectivity index (χ1v) is 6.76. The van der Waals surface area contributed by atoms with Crippen LogP contribution < -0.4 is 4.90 Å². The Hall–Kier alpha value is -0.900. The molecule has 0 aromatic carbocycles. The predicted octanol–water partition coefficient (Wildman–Crippen LogP) is 2.99. The summed E-state index contributed by atoms with van der Waals surface area (Å²) >= 11 is 1.54. The van der Waals surface area contributed by atoms with Gasteiger partial charge in [-0.15, -0.1) is 11.3 Å². The molecule has 0 unspecified atom stereocenters. The summed E-state index contributed by atoms with van der Waals surface area (Å²) in [6.45, 7) is 1.96. The van der Waals surface area contributed by atoms with Gasteiger partial charge >= 0.3 is 0 Å². The van der Waals surface area contributed by atoms with E-state index < -0.39 is 0 Å². The number of thiazole rings is 1. The summed E-state index contributed by atoms with van der Waals surface area (Å²) in [6, 6.07) is 0. The van der Waals surface area contributed by atoms with Crippen molar-refractivity contribution in [3.05, 3.63) is 11.1 Å². The lowest BCUT2D eigenvalue weighted by atomic mass is 9.88. The highest BCUT2D eigenvalue weighted by molar-refractivity contribution is 7.14. The number of hydrogen-bond donors (Lipinski definition) is 0. The van der Waals surface area contributed by atoms with Gasteiger partial charge in [0.15, 0.2) is 5.13 Å². The van der Waals surface area contributed by atoms with E-state index in [1.165, 1.54) is 19.3 Å². The van der Waals surface area contributed by atoms with E-state index in [-0.39, 0.29) is 11.8 Å². The molecule has 0 N–H and O–H groups in total. The van der Waals surface area contributed by atoms with Crippen LogP contribution in [0, 0.1) is 12.8 Å². The first kappa shape index (κ1) is 11.6. The number of amides is 1. The summed E-state index contributed by atoms with van der Waals surface area (Å²) in [4.78, 5) is 18.3. The Morgan fingerprint density at radius 3 is 2.69 bits per heavy atom. The van der Waals surface area contributed by atoms with E-state index in [2.05, 4.69) is 4.98 Å². The topological polar surface area (TPSA) is 33.2 Å². The number of nitrogens with zero attached hydrogens (tertiary/aromatic N) is 2. The molecule has 1 aliphatic rings. The molecule has 1 fully saturated rings. The Morgan fingerprint density at radius 2 is 2.12 bits per heavy atom. The highest BCUT2D eigenvalue weighted by Crippen LogP contribution is 2.28. The maximum Gasteiger partial charge on any atom is 0.231 e. The van der Waals surface area contributed by atoms with Crippen LogP contribution in [0.2, 0.25) is 0 Å². The average Bonchev–Trinajstić information content (AvgIpc) is 2.75. The van der Waals surface area contributed by atoms with Gasteiger partial charge in [-0.1, -0.05) is 19.3 Å². The Balaban J connectivity index is 2.03. The summed E-state index contributed by atoms with van der Waals surface area (Å²) < 4.78 is 0. The zero-order chi connectivity index (χ0) is 11.5. The second-order valence-electron chi connectivity index (χ2n) is 4.50. The average molecular weight is 238 g/mol. The van der Waals surface area contributed by atoms with Gasteiger partial charge in [0.05, 0.1) is 5.69 Å². The fraction of sp³-hybridized carbons (Fsp3) is 0.667. The molecule has 0 aliphatic heterocycles. The number of anilines is 1. The SMILES string of the molecule is Cc1csc(N(C)C(=O)C2CCCCC2)n1. The third kappa shape index (κ3) is 2.43. The normalized spacial score (nSPS) is 17.4. The Labute approximate surface area is 100 Å². The summed E-state index contributed by atoms with van der Waals surface area (Å²) in [5, 5.41) is 2.81. The van der Waals surface area contributed by atoms with Crippen molar-refractivity contribution in [3.8, 4) is 0 Å². The minimum absolute atomic E-state index is 0.225. The second kappa shape index (κ2) is 4.95. The molecule has 0 radical (unpaired) electrons. The summed E-state index contributed by atoms with van der Waals surface area (Å²) in [5.74, 6) is 0.469. The predicted molar refractivity (Wildman–Crippen MR) is 66.8 cm³/mol. The van der Waals surface area contributed by atoms with Crippen molar-refractivity contribution in [2.24, 2.45) is 5.92 Å². The molecule has 4 heteroatoms. The Bertz CT molecular complexity index is 369. The quantitative estimate of drug-likeness (QED) is 0.793. The molecular formula is C12H18N2OS. The zero-order valence-corrected chi connectivity index (χ0v) is 10.7. The third-order valence-corrected chi connectivity index (χ3v) is 4.21. The van der Waals surface area contributed by atoms with Crippen LogP contribution in [0.4, 0.5) is 5.13 Å². The minimum atomic E-state index is 0.225. The fourth-order valence-corrected chi connectivity index (χ4v) is 2.99.